The lowest BCUT2D eigenvalue weighted by Crippen LogP contribution is -2.10. The monoisotopic (exact) mass is 325 g/mol. The lowest BCUT2D eigenvalue weighted by molar-refractivity contribution is -0.111. The zero-order valence-corrected chi connectivity index (χ0v) is 13.8. The van der Waals surface area contributed by atoms with Crippen molar-refractivity contribution in [1.29, 1.82) is 0 Å². The summed E-state index contributed by atoms with van der Waals surface area (Å²) in [5, 5.41) is 2.78. The normalized spacial score (nSPS) is 10.5. The maximum atomic E-state index is 12.0. The molecule has 0 spiro atoms. The number of benzene rings is 2. The summed E-state index contributed by atoms with van der Waals surface area (Å²) in [5.41, 5.74) is 2.73. The molecule has 0 unspecified atom stereocenters. The van der Waals surface area contributed by atoms with Crippen LogP contribution in [0.3, 0.4) is 0 Å². The molecule has 0 aliphatic heterocycles. The highest BCUT2D eigenvalue weighted by atomic mass is 16.5. The molecule has 2 aromatic carbocycles. The van der Waals surface area contributed by atoms with E-state index in [0.29, 0.717) is 11.3 Å². The Morgan fingerprint density at radius 1 is 1.08 bits per heavy atom. The van der Waals surface area contributed by atoms with E-state index in [1.54, 1.807) is 31.4 Å². The molecule has 1 N–H and O–H groups in total. The fraction of sp³-hybridized carbons (Fsp3) is 0.158. The van der Waals surface area contributed by atoms with Crippen LogP contribution in [-0.4, -0.2) is 26.1 Å². The van der Waals surface area contributed by atoms with Gasteiger partial charge in [0.2, 0.25) is 5.91 Å². The number of ether oxygens (including phenoxy) is 2. The Balaban J connectivity index is 2.06. The molecule has 0 aliphatic carbocycles. The van der Waals surface area contributed by atoms with Crippen LogP contribution in [0.4, 0.5) is 5.69 Å². The Labute approximate surface area is 140 Å². The highest BCUT2D eigenvalue weighted by molar-refractivity contribution is 6.02. The van der Waals surface area contributed by atoms with Crippen molar-refractivity contribution in [1.82, 2.24) is 0 Å². The molecule has 0 aromatic heterocycles. The molecule has 0 fully saturated rings. The molecule has 0 saturated heterocycles. The lowest BCUT2D eigenvalue weighted by Gasteiger charge is -2.08. The third kappa shape index (κ3) is 4.46. The van der Waals surface area contributed by atoms with Crippen molar-refractivity contribution in [3.63, 3.8) is 0 Å². The summed E-state index contributed by atoms with van der Waals surface area (Å²) in [6, 6.07) is 12.4. The average molecular weight is 325 g/mol. The van der Waals surface area contributed by atoms with E-state index in [0.717, 1.165) is 16.9 Å². The molecule has 24 heavy (non-hydrogen) atoms. The third-order valence-corrected chi connectivity index (χ3v) is 3.43. The van der Waals surface area contributed by atoms with Gasteiger partial charge < -0.3 is 14.8 Å². The van der Waals surface area contributed by atoms with Crippen molar-refractivity contribution < 1.29 is 19.1 Å². The molecule has 5 nitrogen and oxygen atoms in total. The number of hydrogen-bond acceptors (Lipinski definition) is 4. The Morgan fingerprint density at radius 3 is 2.54 bits per heavy atom. The molecule has 5 heteroatoms. The SMILES string of the molecule is COC(=O)c1ccc(NC(=O)/C=C/c2cccc(OC)c2)c(C)c1. The topological polar surface area (TPSA) is 64.6 Å². The van der Waals surface area contributed by atoms with Gasteiger partial charge in [0.15, 0.2) is 0 Å². The summed E-state index contributed by atoms with van der Waals surface area (Å²) in [5.74, 6) is 0.0624. The van der Waals surface area contributed by atoms with Gasteiger partial charge in [0.1, 0.15) is 5.75 Å². The van der Waals surface area contributed by atoms with Crippen molar-refractivity contribution in [2.75, 3.05) is 19.5 Å². The summed E-state index contributed by atoms with van der Waals surface area (Å²) in [4.78, 5) is 23.5. The van der Waals surface area contributed by atoms with Crippen LogP contribution in [0.5, 0.6) is 5.75 Å². The second-order valence-corrected chi connectivity index (χ2v) is 5.12. The van der Waals surface area contributed by atoms with Crippen molar-refractivity contribution in [2.24, 2.45) is 0 Å². The average Bonchev–Trinajstić information content (AvgIpc) is 2.61. The quantitative estimate of drug-likeness (QED) is 0.675. The van der Waals surface area contributed by atoms with Gasteiger partial charge in [-0.3, -0.25) is 4.79 Å². The van der Waals surface area contributed by atoms with Gasteiger partial charge in [0.05, 0.1) is 19.8 Å². The number of carbonyl (C=O) groups excluding carboxylic acids is 2. The Bertz CT molecular complexity index is 781. The summed E-state index contributed by atoms with van der Waals surface area (Å²) in [6.07, 6.45) is 3.15. The smallest absolute Gasteiger partial charge is 0.337 e. The van der Waals surface area contributed by atoms with E-state index in [1.807, 2.05) is 31.2 Å². The number of aryl methyl sites for hydroxylation is 1. The molecule has 0 bridgehead atoms. The number of hydrogen-bond donors (Lipinski definition) is 1. The number of amides is 1. The van der Waals surface area contributed by atoms with Gasteiger partial charge in [-0.1, -0.05) is 12.1 Å². The summed E-state index contributed by atoms with van der Waals surface area (Å²) in [7, 11) is 2.92. The van der Waals surface area contributed by atoms with Crippen LogP contribution < -0.4 is 10.1 Å². The number of anilines is 1. The van der Waals surface area contributed by atoms with Crippen molar-refractivity contribution >= 4 is 23.6 Å². The lowest BCUT2D eigenvalue weighted by atomic mass is 10.1. The van der Waals surface area contributed by atoms with Gasteiger partial charge in [-0.2, -0.15) is 0 Å². The molecule has 2 rings (SSSR count). The number of methoxy groups -OCH3 is 2. The van der Waals surface area contributed by atoms with Gasteiger partial charge in [-0.25, -0.2) is 4.79 Å². The molecule has 124 valence electrons. The number of nitrogens with one attached hydrogen (secondary N) is 1. The fourth-order valence-electron chi connectivity index (χ4n) is 2.14. The van der Waals surface area contributed by atoms with Crippen molar-refractivity contribution in [3.8, 4) is 5.75 Å². The second kappa shape index (κ2) is 7.97. The molecule has 0 radical (unpaired) electrons. The van der Waals surface area contributed by atoms with Gasteiger partial charge in [-0.15, -0.1) is 0 Å². The van der Waals surface area contributed by atoms with Crippen LogP contribution in [0.1, 0.15) is 21.5 Å². The van der Waals surface area contributed by atoms with E-state index in [-0.39, 0.29) is 5.91 Å². The van der Waals surface area contributed by atoms with Crippen LogP contribution in [0, 0.1) is 6.92 Å². The number of carbonyl (C=O) groups is 2. The summed E-state index contributed by atoms with van der Waals surface area (Å²) in [6.45, 7) is 1.81. The summed E-state index contributed by atoms with van der Waals surface area (Å²) >= 11 is 0. The Kier molecular flexibility index (Phi) is 5.73. The first kappa shape index (κ1) is 17.3. The summed E-state index contributed by atoms with van der Waals surface area (Å²) < 4.78 is 9.81. The molecule has 1 amide bonds. The van der Waals surface area contributed by atoms with E-state index in [1.165, 1.54) is 13.2 Å². The van der Waals surface area contributed by atoms with Crippen LogP contribution in [0.15, 0.2) is 48.5 Å². The first-order valence-electron chi connectivity index (χ1n) is 7.35. The van der Waals surface area contributed by atoms with E-state index in [9.17, 15) is 9.59 Å². The van der Waals surface area contributed by atoms with Gasteiger partial charge >= 0.3 is 5.97 Å². The fourth-order valence-corrected chi connectivity index (χ4v) is 2.14. The minimum absolute atomic E-state index is 0.258. The van der Waals surface area contributed by atoms with Crippen molar-refractivity contribution in [2.45, 2.75) is 6.92 Å². The zero-order chi connectivity index (χ0) is 17.5. The Morgan fingerprint density at radius 2 is 1.88 bits per heavy atom. The highest BCUT2D eigenvalue weighted by Crippen LogP contribution is 2.18. The predicted octanol–water partition coefficient (Wildman–Crippen LogP) is 3.44. The molecular formula is C19H19NO4. The first-order valence-corrected chi connectivity index (χ1v) is 7.35. The highest BCUT2D eigenvalue weighted by Gasteiger charge is 2.08. The van der Waals surface area contributed by atoms with Crippen LogP contribution in [0.2, 0.25) is 0 Å². The maximum Gasteiger partial charge on any atom is 0.337 e. The first-order chi connectivity index (χ1) is 11.5. The molecule has 2 aromatic rings. The molecule has 0 atom stereocenters. The zero-order valence-electron chi connectivity index (χ0n) is 13.8. The van der Waals surface area contributed by atoms with Gasteiger partial charge in [0, 0.05) is 11.8 Å². The van der Waals surface area contributed by atoms with Gasteiger partial charge in [0.25, 0.3) is 0 Å². The minimum atomic E-state index is -0.408. The second-order valence-electron chi connectivity index (χ2n) is 5.12. The van der Waals surface area contributed by atoms with Crippen LogP contribution in [0.25, 0.3) is 6.08 Å². The minimum Gasteiger partial charge on any atom is -0.497 e. The van der Waals surface area contributed by atoms with E-state index in [2.05, 4.69) is 10.1 Å². The maximum absolute atomic E-state index is 12.0. The largest absolute Gasteiger partial charge is 0.497 e. The predicted molar refractivity (Wildman–Crippen MR) is 93.2 cm³/mol. The molecule has 0 aliphatic rings. The van der Waals surface area contributed by atoms with E-state index >= 15 is 0 Å². The van der Waals surface area contributed by atoms with E-state index < -0.39 is 5.97 Å². The number of esters is 1. The Hall–Kier alpha value is -3.08. The third-order valence-electron chi connectivity index (χ3n) is 3.43. The standard InChI is InChI=1S/C19H19NO4/c1-13-11-15(19(22)24-3)8-9-17(13)20-18(21)10-7-14-5-4-6-16(12-14)23-2/h4-12H,1-3H3,(H,20,21)/b10-7+. The van der Waals surface area contributed by atoms with E-state index in [4.69, 9.17) is 4.74 Å². The van der Waals surface area contributed by atoms with Crippen LogP contribution in [-0.2, 0) is 9.53 Å². The number of rotatable bonds is 5. The molecular weight excluding hydrogens is 306 g/mol. The van der Waals surface area contributed by atoms with Gasteiger partial charge in [-0.05, 0) is 54.5 Å². The van der Waals surface area contributed by atoms with Crippen molar-refractivity contribution in [3.05, 3.63) is 65.2 Å². The molecule has 0 heterocycles. The van der Waals surface area contributed by atoms with Crippen LogP contribution >= 0.6 is 0 Å². The molecule has 0 saturated carbocycles.